The van der Waals surface area contributed by atoms with Crippen LogP contribution in [0.15, 0.2) is 22.7 Å². The van der Waals surface area contributed by atoms with Crippen LogP contribution in [0.5, 0.6) is 5.75 Å². The van der Waals surface area contributed by atoms with E-state index in [2.05, 4.69) is 15.9 Å². The zero-order chi connectivity index (χ0) is 12.1. The predicted octanol–water partition coefficient (Wildman–Crippen LogP) is 2.48. The first-order valence-electron chi connectivity index (χ1n) is 4.84. The van der Waals surface area contributed by atoms with E-state index in [1.165, 1.54) is 12.2 Å². The average molecular weight is 288 g/mol. The van der Waals surface area contributed by atoms with Crippen LogP contribution >= 0.6 is 15.9 Å². The minimum atomic E-state index is -0.212. The number of carbonyl (C=O) groups is 1. The molecule has 1 aromatic rings. The van der Waals surface area contributed by atoms with Crippen molar-refractivity contribution in [2.75, 3.05) is 20.8 Å². The van der Waals surface area contributed by atoms with E-state index in [1.807, 2.05) is 6.92 Å². The van der Waals surface area contributed by atoms with Crippen LogP contribution in [0.4, 0.5) is 0 Å². The molecule has 0 unspecified atom stereocenters. The Morgan fingerprint density at radius 3 is 2.75 bits per heavy atom. The molecule has 0 N–H and O–H groups in total. The minimum absolute atomic E-state index is 0.212. The summed E-state index contributed by atoms with van der Waals surface area (Å²) >= 11 is 3.35. The van der Waals surface area contributed by atoms with Gasteiger partial charge in [-0.1, -0.05) is 0 Å². The van der Waals surface area contributed by atoms with Gasteiger partial charge in [-0.15, -0.1) is 0 Å². The number of ether oxygens (including phenoxy) is 1. The molecule has 0 atom stereocenters. The zero-order valence-corrected chi connectivity index (χ0v) is 11.1. The Hall–Kier alpha value is -1.07. The number of hydroxylamine groups is 2. The Morgan fingerprint density at radius 1 is 1.50 bits per heavy atom. The molecule has 0 aliphatic rings. The lowest BCUT2D eigenvalue weighted by Crippen LogP contribution is -2.25. The van der Waals surface area contributed by atoms with E-state index in [4.69, 9.17) is 9.57 Å². The molecule has 0 saturated carbocycles. The first-order valence-corrected chi connectivity index (χ1v) is 5.64. The third-order valence-electron chi connectivity index (χ3n) is 2.04. The van der Waals surface area contributed by atoms with Crippen LogP contribution in [0.2, 0.25) is 0 Å². The molecule has 0 aliphatic heterocycles. The standard InChI is InChI=1S/C11H14BrNO3/c1-4-16-10-7-8(5-6-9(10)12)11(14)13(2)15-3/h5-7H,4H2,1-3H3. The van der Waals surface area contributed by atoms with Crippen molar-refractivity contribution in [3.63, 3.8) is 0 Å². The van der Waals surface area contributed by atoms with Gasteiger partial charge in [0.15, 0.2) is 0 Å². The Kier molecular flexibility index (Phi) is 4.76. The summed E-state index contributed by atoms with van der Waals surface area (Å²) in [6, 6.07) is 5.18. The molecule has 0 aromatic heterocycles. The molecule has 0 fully saturated rings. The van der Waals surface area contributed by atoms with E-state index < -0.39 is 0 Å². The van der Waals surface area contributed by atoms with Crippen LogP contribution in [0.25, 0.3) is 0 Å². The molecule has 16 heavy (non-hydrogen) atoms. The van der Waals surface area contributed by atoms with Crippen LogP contribution in [0.3, 0.4) is 0 Å². The minimum Gasteiger partial charge on any atom is -0.493 e. The van der Waals surface area contributed by atoms with Gasteiger partial charge in [-0.2, -0.15) is 0 Å². The molecule has 4 nitrogen and oxygen atoms in total. The highest BCUT2D eigenvalue weighted by Gasteiger charge is 2.13. The third kappa shape index (κ3) is 2.96. The van der Waals surface area contributed by atoms with Crippen LogP contribution in [-0.4, -0.2) is 31.7 Å². The van der Waals surface area contributed by atoms with Crippen molar-refractivity contribution in [2.45, 2.75) is 6.92 Å². The summed E-state index contributed by atoms with van der Waals surface area (Å²) < 4.78 is 6.21. The molecule has 0 radical (unpaired) electrons. The van der Waals surface area contributed by atoms with Crippen molar-refractivity contribution in [1.29, 1.82) is 0 Å². The Labute approximate surface area is 103 Å². The number of hydrogen-bond donors (Lipinski definition) is 0. The summed E-state index contributed by atoms with van der Waals surface area (Å²) in [6.07, 6.45) is 0. The third-order valence-corrected chi connectivity index (χ3v) is 2.69. The lowest BCUT2D eigenvalue weighted by molar-refractivity contribution is -0.0757. The SMILES string of the molecule is CCOc1cc(C(=O)N(C)OC)ccc1Br. The summed E-state index contributed by atoms with van der Waals surface area (Å²) in [4.78, 5) is 16.6. The maximum atomic E-state index is 11.8. The number of amides is 1. The van der Waals surface area contributed by atoms with E-state index in [9.17, 15) is 4.79 Å². The Morgan fingerprint density at radius 2 is 2.19 bits per heavy atom. The van der Waals surface area contributed by atoms with Gasteiger partial charge in [0.05, 0.1) is 18.2 Å². The van der Waals surface area contributed by atoms with E-state index in [1.54, 1.807) is 25.2 Å². The van der Waals surface area contributed by atoms with Crippen molar-refractivity contribution in [3.05, 3.63) is 28.2 Å². The number of carbonyl (C=O) groups excluding carboxylic acids is 1. The molecular weight excluding hydrogens is 274 g/mol. The van der Waals surface area contributed by atoms with E-state index in [0.717, 1.165) is 4.47 Å². The monoisotopic (exact) mass is 287 g/mol. The molecule has 1 rings (SSSR count). The van der Waals surface area contributed by atoms with Gasteiger partial charge >= 0.3 is 0 Å². The first kappa shape index (κ1) is 13.0. The molecule has 0 spiro atoms. The van der Waals surface area contributed by atoms with Crippen molar-refractivity contribution in [1.82, 2.24) is 5.06 Å². The largest absolute Gasteiger partial charge is 0.493 e. The highest BCUT2D eigenvalue weighted by Crippen LogP contribution is 2.26. The van der Waals surface area contributed by atoms with Crippen LogP contribution in [0, 0.1) is 0 Å². The average Bonchev–Trinajstić information content (AvgIpc) is 2.30. The highest BCUT2D eigenvalue weighted by molar-refractivity contribution is 9.10. The van der Waals surface area contributed by atoms with Crippen molar-refractivity contribution in [3.8, 4) is 5.75 Å². The number of halogens is 1. The van der Waals surface area contributed by atoms with Gasteiger partial charge in [-0.25, -0.2) is 5.06 Å². The van der Waals surface area contributed by atoms with Crippen LogP contribution in [-0.2, 0) is 4.84 Å². The van der Waals surface area contributed by atoms with Gasteiger partial charge in [-0.3, -0.25) is 9.63 Å². The van der Waals surface area contributed by atoms with Gasteiger partial charge in [0.1, 0.15) is 5.75 Å². The molecule has 0 heterocycles. The maximum Gasteiger partial charge on any atom is 0.277 e. The second kappa shape index (κ2) is 5.86. The van der Waals surface area contributed by atoms with Crippen LogP contribution < -0.4 is 4.74 Å². The summed E-state index contributed by atoms with van der Waals surface area (Å²) in [5, 5.41) is 1.17. The maximum absolute atomic E-state index is 11.8. The molecule has 1 amide bonds. The normalized spacial score (nSPS) is 10.0. The topological polar surface area (TPSA) is 38.8 Å². The van der Waals surface area contributed by atoms with E-state index in [-0.39, 0.29) is 5.91 Å². The summed E-state index contributed by atoms with van der Waals surface area (Å²) in [7, 11) is 3.00. The Bertz CT molecular complexity index is 381. The van der Waals surface area contributed by atoms with E-state index in [0.29, 0.717) is 17.9 Å². The number of rotatable bonds is 4. The van der Waals surface area contributed by atoms with Crippen LogP contribution in [0.1, 0.15) is 17.3 Å². The fourth-order valence-corrected chi connectivity index (χ4v) is 1.53. The summed E-state index contributed by atoms with van der Waals surface area (Å²) in [5.74, 6) is 0.439. The van der Waals surface area contributed by atoms with E-state index >= 15 is 0 Å². The van der Waals surface area contributed by atoms with Crippen molar-refractivity contribution >= 4 is 21.8 Å². The number of benzene rings is 1. The molecular formula is C11H14BrNO3. The number of nitrogens with zero attached hydrogens (tertiary/aromatic N) is 1. The smallest absolute Gasteiger partial charge is 0.277 e. The molecule has 1 aromatic carbocycles. The second-order valence-corrected chi connectivity index (χ2v) is 3.92. The quantitative estimate of drug-likeness (QED) is 0.799. The Balaban J connectivity index is 2.98. The molecule has 0 saturated heterocycles. The van der Waals surface area contributed by atoms with Gasteiger partial charge < -0.3 is 4.74 Å². The lowest BCUT2D eigenvalue weighted by Gasteiger charge is -2.14. The molecule has 0 bridgehead atoms. The zero-order valence-electron chi connectivity index (χ0n) is 9.49. The van der Waals surface area contributed by atoms with Crippen molar-refractivity contribution in [2.24, 2.45) is 0 Å². The number of hydrogen-bond acceptors (Lipinski definition) is 3. The van der Waals surface area contributed by atoms with Gasteiger partial charge in [0.2, 0.25) is 0 Å². The molecule has 5 heteroatoms. The van der Waals surface area contributed by atoms with Gasteiger partial charge in [0.25, 0.3) is 5.91 Å². The fraction of sp³-hybridized carbons (Fsp3) is 0.364. The second-order valence-electron chi connectivity index (χ2n) is 3.06. The first-order chi connectivity index (χ1) is 7.60. The molecule has 88 valence electrons. The van der Waals surface area contributed by atoms with Gasteiger partial charge in [0, 0.05) is 12.6 Å². The molecule has 0 aliphatic carbocycles. The lowest BCUT2D eigenvalue weighted by atomic mass is 10.2. The van der Waals surface area contributed by atoms with Crippen molar-refractivity contribution < 1.29 is 14.4 Å². The predicted molar refractivity (Wildman–Crippen MR) is 64.4 cm³/mol. The fourth-order valence-electron chi connectivity index (χ4n) is 1.17. The summed E-state index contributed by atoms with van der Waals surface area (Å²) in [6.45, 7) is 2.44. The van der Waals surface area contributed by atoms with Gasteiger partial charge in [-0.05, 0) is 41.1 Å². The highest BCUT2D eigenvalue weighted by atomic mass is 79.9. The summed E-state index contributed by atoms with van der Waals surface area (Å²) in [5.41, 5.74) is 0.524.